The Morgan fingerprint density at radius 2 is 0.651 bits per heavy atom. The number of phosphoric acid groups is 2. The van der Waals surface area contributed by atoms with Crippen LogP contribution in [-0.2, 0) is 65.4 Å². The Hall–Kier alpha value is -2.46. The van der Waals surface area contributed by atoms with Gasteiger partial charge in [0.15, 0.2) is 12.2 Å². The SMILES string of the molecule is CCCCCC/C=C\C=C/CCCCCCCC(=O)O[C@H](COC(=O)CCCCCCCCCCC(C)CC)COP(=O)(O)OC[C@@H](O)COP(=O)(O)OC[C@@H](COC(=O)CCCCCCCCCC)OC(=O)CCCCCCCCCCCCC. The molecule has 0 amide bonds. The van der Waals surface area contributed by atoms with Crippen molar-refractivity contribution in [2.24, 2.45) is 5.92 Å². The number of rotatable bonds is 65. The van der Waals surface area contributed by atoms with E-state index >= 15 is 0 Å². The smallest absolute Gasteiger partial charge is 0.462 e. The Morgan fingerprint density at radius 3 is 0.988 bits per heavy atom. The molecule has 0 aromatic carbocycles. The van der Waals surface area contributed by atoms with Gasteiger partial charge in [0.25, 0.3) is 0 Å². The zero-order valence-electron chi connectivity index (χ0n) is 54.9. The van der Waals surface area contributed by atoms with Gasteiger partial charge in [-0.3, -0.25) is 37.3 Å². The Kier molecular flexibility index (Phi) is 58.4. The van der Waals surface area contributed by atoms with Crippen LogP contribution in [0.2, 0.25) is 0 Å². The maximum atomic E-state index is 13.0. The van der Waals surface area contributed by atoms with E-state index in [0.29, 0.717) is 25.7 Å². The fourth-order valence-electron chi connectivity index (χ4n) is 9.54. The van der Waals surface area contributed by atoms with Gasteiger partial charge in [-0.15, -0.1) is 0 Å². The van der Waals surface area contributed by atoms with Crippen molar-refractivity contribution in [1.82, 2.24) is 0 Å². The average molecular weight is 1270 g/mol. The van der Waals surface area contributed by atoms with Crippen LogP contribution in [0.15, 0.2) is 24.3 Å². The zero-order valence-corrected chi connectivity index (χ0v) is 56.7. The third kappa shape index (κ3) is 59.2. The number of phosphoric ester groups is 2. The van der Waals surface area contributed by atoms with Crippen LogP contribution in [0.4, 0.5) is 0 Å². The summed E-state index contributed by atoms with van der Waals surface area (Å²) in [5.74, 6) is -1.39. The fraction of sp³-hybridized carbons (Fsp3) is 0.881. The van der Waals surface area contributed by atoms with E-state index in [9.17, 15) is 43.2 Å². The summed E-state index contributed by atoms with van der Waals surface area (Å²) < 4.78 is 68.0. The number of aliphatic hydroxyl groups excluding tert-OH is 1. The van der Waals surface area contributed by atoms with Crippen molar-refractivity contribution >= 4 is 39.5 Å². The number of ether oxygens (including phenoxy) is 4. The highest BCUT2D eigenvalue weighted by Crippen LogP contribution is 2.45. The van der Waals surface area contributed by atoms with E-state index in [1.807, 2.05) is 0 Å². The number of unbranched alkanes of at least 4 members (excludes halogenated alkanes) is 33. The molecule has 0 aromatic rings. The number of esters is 4. The summed E-state index contributed by atoms with van der Waals surface area (Å²) in [5, 5.41) is 10.5. The Labute approximate surface area is 522 Å². The number of hydrogen-bond acceptors (Lipinski definition) is 15. The minimum absolute atomic E-state index is 0.0846. The van der Waals surface area contributed by atoms with Gasteiger partial charge in [-0.05, 0) is 57.3 Å². The predicted octanol–water partition coefficient (Wildman–Crippen LogP) is 18.5. The highest BCUT2D eigenvalue weighted by Gasteiger charge is 2.30. The number of allylic oxidation sites excluding steroid dienone is 4. The first kappa shape index (κ1) is 83.5. The van der Waals surface area contributed by atoms with Crippen molar-refractivity contribution in [1.29, 1.82) is 0 Å². The van der Waals surface area contributed by atoms with Crippen molar-refractivity contribution in [2.45, 2.75) is 335 Å². The first-order valence-electron chi connectivity index (χ1n) is 34.5. The van der Waals surface area contributed by atoms with E-state index in [1.165, 1.54) is 122 Å². The third-order valence-corrected chi connectivity index (χ3v) is 17.2. The van der Waals surface area contributed by atoms with Crippen LogP contribution in [0.3, 0.4) is 0 Å². The van der Waals surface area contributed by atoms with Crippen molar-refractivity contribution in [2.75, 3.05) is 39.6 Å². The van der Waals surface area contributed by atoms with Crippen LogP contribution in [-0.4, -0.2) is 96.7 Å². The summed E-state index contributed by atoms with van der Waals surface area (Å²) >= 11 is 0. The summed E-state index contributed by atoms with van der Waals surface area (Å²) in [6.45, 7) is 7.12. The molecule has 86 heavy (non-hydrogen) atoms. The highest BCUT2D eigenvalue weighted by atomic mass is 31.2. The topological polar surface area (TPSA) is 237 Å². The number of aliphatic hydroxyl groups is 1. The van der Waals surface area contributed by atoms with Gasteiger partial charge in [0.2, 0.25) is 0 Å². The van der Waals surface area contributed by atoms with Gasteiger partial charge in [0.1, 0.15) is 19.3 Å². The van der Waals surface area contributed by atoms with E-state index in [2.05, 4.69) is 58.9 Å². The van der Waals surface area contributed by atoms with E-state index in [4.69, 9.17) is 37.0 Å². The van der Waals surface area contributed by atoms with Crippen LogP contribution in [0.25, 0.3) is 0 Å². The Balaban J connectivity index is 5.27. The van der Waals surface area contributed by atoms with Gasteiger partial charge in [0, 0.05) is 25.7 Å². The summed E-state index contributed by atoms with van der Waals surface area (Å²) in [5.41, 5.74) is 0. The molecule has 6 atom stereocenters. The third-order valence-electron chi connectivity index (χ3n) is 15.3. The molecule has 0 saturated heterocycles. The highest BCUT2D eigenvalue weighted by molar-refractivity contribution is 7.47. The van der Waals surface area contributed by atoms with E-state index in [0.717, 1.165) is 115 Å². The maximum absolute atomic E-state index is 13.0. The van der Waals surface area contributed by atoms with Gasteiger partial charge in [-0.2, -0.15) is 0 Å². The van der Waals surface area contributed by atoms with Gasteiger partial charge in [-0.1, -0.05) is 264 Å². The molecule has 3 unspecified atom stereocenters. The van der Waals surface area contributed by atoms with E-state index in [1.54, 1.807) is 0 Å². The van der Waals surface area contributed by atoms with Gasteiger partial charge < -0.3 is 33.8 Å². The second kappa shape index (κ2) is 60.1. The number of hydrogen-bond donors (Lipinski definition) is 3. The lowest BCUT2D eigenvalue weighted by molar-refractivity contribution is -0.161. The van der Waals surface area contributed by atoms with Crippen molar-refractivity contribution in [3.8, 4) is 0 Å². The van der Waals surface area contributed by atoms with Crippen LogP contribution >= 0.6 is 15.6 Å². The molecule has 0 saturated carbocycles. The van der Waals surface area contributed by atoms with Crippen LogP contribution < -0.4 is 0 Å². The van der Waals surface area contributed by atoms with Crippen LogP contribution in [0, 0.1) is 5.92 Å². The minimum Gasteiger partial charge on any atom is -0.462 e. The lowest BCUT2D eigenvalue weighted by Gasteiger charge is -2.21. The van der Waals surface area contributed by atoms with E-state index in [-0.39, 0.29) is 25.7 Å². The van der Waals surface area contributed by atoms with Gasteiger partial charge >= 0.3 is 39.5 Å². The predicted molar refractivity (Wildman–Crippen MR) is 344 cm³/mol. The largest absolute Gasteiger partial charge is 0.472 e. The monoisotopic (exact) mass is 1260 g/mol. The standard InChI is InChI=1S/C67H126O17P2/c1-6-10-13-16-19-22-24-25-26-27-29-31-38-43-48-53-67(72)84-63(57-78-65(70)51-46-41-36-33-32-34-39-44-49-60(5)9-4)59-82-86(75,76)80-55-61(68)54-79-85(73,74)81-58-62(56-77-64(69)50-45-40-35-21-18-15-12-8-3)83-66(71)52-47-42-37-30-28-23-20-17-14-11-7-2/h22,24-26,60-63,68H,6-21,23,27-59H2,1-5H3,(H,73,74)(H,75,76)/b24-22-,26-25-/t60?,61-,62+,63+/m0/s1. The number of carbonyl (C=O) groups is 4. The molecule has 17 nitrogen and oxygen atoms in total. The number of carbonyl (C=O) groups excluding carboxylic acids is 4. The lowest BCUT2D eigenvalue weighted by Crippen LogP contribution is -2.30. The van der Waals surface area contributed by atoms with Crippen molar-refractivity contribution in [3.05, 3.63) is 24.3 Å². The van der Waals surface area contributed by atoms with Crippen LogP contribution in [0.1, 0.15) is 317 Å². The second-order valence-corrected chi connectivity index (χ2v) is 26.7. The molecule has 0 aliphatic rings. The maximum Gasteiger partial charge on any atom is 0.472 e. The molecule has 0 fully saturated rings. The molecule has 0 radical (unpaired) electrons. The fourth-order valence-corrected chi connectivity index (χ4v) is 11.1. The summed E-state index contributed by atoms with van der Waals surface area (Å²) in [6, 6.07) is 0. The molecular formula is C67H126O17P2. The summed E-state index contributed by atoms with van der Waals surface area (Å²) in [6.07, 6.45) is 47.9. The molecule has 0 bridgehead atoms. The molecule has 0 rings (SSSR count). The zero-order chi connectivity index (χ0) is 63.5. The molecule has 0 spiro atoms. The minimum atomic E-state index is -4.96. The van der Waals surface area contributed by atoms with Crippen LogP contribution in [0.5, 0.6) is 0 Å². The van der Waals surface area contributed by atoms with Crippen molar-refractivity contribution in [3.63, 3.8) is 0 Å². The second-order valence-electron chi connectivity index (χ2n) is 23.8. The van der Waals surface area contributed by atoms with Gasteiger partial charge in [0.05, 0.1) is 26.4 Å². The molecular weight excluding hydrogens is 1140 g/mol. The Morgan fingerprint density at radius 1 is 0.372 bits per heavy atom. The van der Waals surface area contributed by atoms with Gasteiger partial charge in [-0.25, -0.2) is 9.13 Å². The summed E-state index contributed by atoms with van der Waals surface area (Å²) in [7, 11) is -9.90. The lowest BCUT2D eigenvalue weighted by atomic mass is 9.99. The molecule has 3 N–H and O–H groups in total. The molecule has 506 valence electrons. The molecule has 0 aliphatic heterocycles. The quantitative estimate of drug-likeness (QED) is 0.0169. The first-order chi connectivity index (χ1) is 41.6. The molecule has 0 aliphatic carbocycles. The molecule has 0 heterocycles. The first-order valence-corrected chi connectivity index (χ1v) is 37.5. The molecule has 0 aromatic heterocycles. The molecule has 19 heteroatoms. The van der Waals surface area contributed by atoms with E-state index < -0.39 is 97.5 Å². The normalized spacial score (nSPS) is 14.7. The Bertz CT molecular complexity index is 1760. The van der Waals surface area contributed by atoms with Crippen molar-refractivity contribution < 1.29 is 80.2 Å². The average Bonchev–Trinajstić information content (AvgIpc) is 3.54. The summed E-state index contributed by atoms with van der Waals surface area (Å²) in [4.78, 5) is 72.3.